The minimum Gasteiger partial charge on any atom is -0.398 e. The molecule has 0 heterocycles. The van der Waals surface area contributed by atoms with Crippen molar-refractivity contribution in [1.29, 1.82) is 0 Å². The zero-order valence-electron chi connectivity index (χ0n) is 8.78. The number of rotatable bonds is 2. The maximum Gasteiger partial charge on any atom is 0.133 e. The van der Waals surface area contributed by atoms with Gasteiger partial charge < -0.3 is 5.73 Å². The lowest BCUT2D eigenvalue weighted by Crippen LogP contribution is -1.96. The standard InChI is InChI=1S/C14H12FN/c1-2-10-8-9-12(15)13(14(10)16)11-6-4-3-5-7-11/h2-9H,1,16H2. The average molecular weight is 213 g/mol. The fraction of sp³-hybridized carbons (Fsp3) is 0. The molecule has 0 fully saturated rings. The number of benzene rings is 2. The Morgan fingerprint density at radius 3 is 2.38 bits per heavy atom. The molecule has 0 radical (unpaired) electrons. The predicted octanol–water partition coefficient (Wildman–Crippen LogP) is 3.72. The van der Waals surface area contributed by atoms with Crippen molar-refractivity contribution in [3.8, 4) is 11.1 Å². The highest BCUT2D eigenvalue weighted by Crippen LogP contribution is 2.31. The average Bonchev–Trinajstić information content (AvgIpc) is 2.31. The van der Waals surface area contributed by atoms with Crippen LogP contribution in [0.3, 0.4) is 0 Å². The van der Waals surface area contributed by atoms with Gasteiger partial charge in [-0.2, -0.15) is 0 Å². The van der Waals surface area contributed by atoms with E-state index in [1.165, 1.54) is 6.07 Å². The molecule has 2 aromatic carbocycles. The molecule has 2 aromatic rings. The number of hydrogen-bond acceptors (Lipinski definition) is 1. The van der Waals surface area contributed by atoms with E-state index < -0.39 is 0 Å². The molecule has 0 saturated carbocycles. The van der Waals surface area contributed by atoms with Crippen LogP contribution in [0.1, 0.15) is 5.56 Å². The van der Waals surface area contributed by atoms with Gasteiger partial charge in [0.1, 0.15) is 5.82 Å². The molecule has 2 heteroatoms. The predicted molar refractivity (Wildman–Crippen MR) is 66.3 cm³/mol. The van der Waals surface area contributed by atoms with Crippen LogP contribution in [0.15, 0.2) is 49.0 Å². The van der Waals surface area contributed by atoms with Crippen molar-refractivity contribution < 1.29 is 4.39 Å². The normalized spacial score (nSPS) is 10.1. The highest BCUT2D eigenvalue weighted by molar-refractivity contribution is 5.83. The minimum atomic E-state index is -0.311. The van der Waals surface area contributed by atoms with Crippen LogP contribution in [-0.2, 0) is 0 Å². The molecule has 0 aliphatic carbocycles. The molecule has 16 heavy (non-hydrogen) atoms. The van der Waals surface area contributed by atoms with Crippen molar-refractivity contribution in [2.75, 3.05) is 5.73 Å². The third-order valence-electron chi connectivity index (χ3n) is 2.51. The Labute approximate surface area is 94.0 Å². The quantitative estimate of drug-likeness (QED) is 0.756. The van der Waals surface area contributed by atoms with Gasteiger partial charge in [-0.1, -0.05) is 43.0 Å². The van der Waals surface area contributed by atoms with E-state index in [9.17, 15) is 4.39 Å². The zero-order valence-corrected chi connectivity index (χ0v) is 8.78. The number of anilines is 1. The van der Waals surface area contributed by atoms with Gasteiger partial charge in [-0.05, 0) is 23.3 Å². The number of nitrogen functional groups attached to an aromatic ring is 1. The summed E-state index contributed by atoms with van der Waals surface area (Å²) in [7, 11) is 0. The van der Waals surface area contributed by atoms with Crippen LogP contribution in [0.5, 0.6) is 0 Å². The second kappa shape index (κ2) is 4.19. The monoisotopic (exact) mass is 213 g/mol. The first kappa shape index (κ1) is 10.4. The molecule has 1 nitrogen and oxygen atoms in total. The fourth-order valence-corrected chi connectivity index (χ4v) is 1.69. The third kappa shape index (κ3) is 1.70. The Morgan fingerprint density at radius 1 is 1.06 bits per heavy atom. The smallest absolute Gasteiger partial charge is 0.133 e. The lowest BCUT2D eigenvalue weighted by Gasteiger charge is -2.09. The van der Waals surface area contributed by atoms with E-state index in [0.29, 0.717) is 11.3 Å². The van der Waals surface area contributed by atoms with Gasteiger partial charge in [0, 0.05) is 11.3 Å². The number of nitrogens with two attached hydrogens (primary N) is 1. The molecule has 0 bridgehead atoms. The van der Waals surface area contributed by atoms with Crippen molar-refractivity contribution in [1.82, 2.24) is 0 Å². The molecule has 0 saturated heterocycles. The van der Waals surface area contributed by atoms with Gasteiger partial charge in [-0.15, -0.1) is 0 Å². The van der Waals surface area contributed by atoms with Crippen LogP contribution in [0, 0.1) is 5.82 Å². The largest absolute Gasteiger partial charge is 0.398 e. The van der Waals surface area contributed by atoms with E-state index in [1.54, 1.807) is 12.1 Å². The molecular weight excluding hydrogens is 201 g/mol. The minimum absolute atomic E-state index is 0.311. The highest BCUT2D eigenvalue weighted by atomic mass is 19.1. The molecule has 0 spiro atoms. The van der Waals surface area contributed by atoms with Crippen LogP contribution < -0.4 is 5.73 Å². The van der Waals surface area contributed by atoms with E-state index in [-0.39, 0.29) is 5.82 Å². The van der Waals surface area contributed by atoms with E-state index in [1.807, 2.05) is 30.3 Å². The molecule has 2 rings (SSSR count). The SMILES string of the molecule is C=Cc1ccc(F)c(-c2ccccc2)c1N. The van der Waals surface area contributed by atoms with Crippen molar-refractivity contribution >= 4 is 11.8 Å². The third-order valence-corrected chi connectivity index (χ3v) is 2.51. The summed E-state index contributed by atoms with van der Waals surface area (Å²) < 4.78 is 13.7. The first-order chi connectivity index (χ1) is 7.74. The van der Waals surface area contributed by atoms with E-state index in [0.717, 1.165) is 11.1 Å². The summed E-state index contributed by atoms with van der Waals surface area (Å²) in [5.74, 6) is -0.311. The topological polar surface area (TPSA) is 26.0 Å². The first-order valence-corrected chi connectivity index (χ1v) is 5.00. The van der Waals surface area contributed by atoms with Gasteiger partial charge >= 0.3 is 0 Å². The Bertz CT molecular complexity index is 518. The van der Waals surface area contributed by atoms with Crippen LogP contribution in [-0.4, -0.2) is 0 Å². The van der Waals surface area contributed by atoms with Crippen LogP contribution in [0.2, 0.25) is 0 Å². The van der Waals surface area contributed by atoms with E-state index in [4.69, 9.17) is 5.73 Å². The van der Waals surface area contributed by atoms with E-state index >= 15 is 0 Å². The number of halogens is 1. The second-order valence-electron chi connectivity index (χ2n) is 3.50. The van der Waals surface area contributed by atoms with Gasteiger partial charge in [0.25, 0.3) is 0 Å². The first-order valence-electron chi connectivity index (χ1n) is 5.00. The van der Waals surface area contributed by atoms with Crippen molar-refractivity contribution in [2.24, 2.45) is 0 Å². The Morgan fingerprint density at radius 2 is 1.75 bits per heavy atom. The lowest BCUT2D eigenvalue weighted by atomic mass is 10.00. The van der Waals surface area contributed by atoms with Crippen molar-refractivity contribution in [2.45, 2.75) is 0 Å². The van der Waals surface area contributed by atoms with Gasteiger partial charge in [0.05, 0.1) is 0 Å². The summed E-state index contributed by atoms with van der Waals surface area (Å²) in [6, 6.07) is 12.3. The molecule has 0 amide bonds. The van der Waals surface area contributed by atoms with E-state index in [2.05, 4.69) is 6.58 Å². The van der Waals surface area contributed by atoms with Crippen LogP contribution >= 0.6 is 0 Å². The summed E-state index contributed by atoms with van der Waals surface area (Å²) in [5, 5.41) is 0. The summed E-state index contributed by atoms with van der Waals surface area (Å²) >= 11 is 0. The molecular formula is C14H12FN. The van der Waals surface area contributed by atoms with Gasteiger partial charge in [-0.3, -0.25) is 0 Å². The zero-order chi connectivity index (χ0) is 11.5. The summed E-state index contributed by atoms with van der Waals surface area (Å²) in [6.45, 7) is 3.65. The molecule has 0 atom stereocenters. The van der Waals surface area contributed by atoms with Gasteiger partial charge in [0.2, 0.25) is 0 Å². The lowest BCUT2D eigenvalue weighted by molar-refractivity contribution is 0.632. The molecule has 0 aromatic heterocycles. The Hall–Kier alpha value is -2.09. The Balaban J connectivity index is 2.69. The molecule has 0 aliphatic heterocycles. The van der Waals surface area contributed by atoms with Crippen LogP contribution in [0.25, 0.3) is 17.2 Å². The second-order valence-corrected chi connectivity index (χ2v) is 3.50. The molecule has 80 valence electrons. The van der Waals surface area contributed by atoms with Gasteiger partial charge in [-0.25, -0.2) is 4.39 Å². The molecule has 2 N–H and O–H groups in total. The molecule has 0 aliphatic rings. The summed E-state index contributed by atoms with van der Waals surface area (Å²) in [6.07, 6.45) is 1.63. The van der Waals surface area contributed by atoms with Crippen molar-refractivity contribution in [3.05, 3.63) is 60.4 Å². The summed E-state index contributed by atoms with van der Waals surface area (Å²) in [5.41, 5.74) is 8.32. The molecule has 0 unspecified atom stereocenters. The van der Waals surface area contributed by atoms with Crippen molar-refractivity contribution in [3.63, 3.8) is 0 Å². The van der Waals surface area contributed by atoms with Crippen LogP contribution in [0.4, 0.5) is 10.1 Å². The Kier molecular flexibility index (Phi) is 2.73. The highest BCUT2D eigenvalue weighted by Gasteiger charge is 2.10. The van der Waals surface area contributed by atoms with Gasteiger partial charge in [0.15, 0.2) is 0 Å². The fourth-order valence-electron chi connectivity index (χ4n) is 1.69. The maximum absolute atomic E-state index is 13.7. The number of hydrogen-bond donors (Lipinski definition) is 1. The maximum atomic E-state index is 13.7. The summed E-state index contributed by atoms with van der Waals surface area (Å²) in [4.78, 5) is 0.